The molecule has 0 bridgehead atoms. The Balaban J connectivity index is 1.95. The lowest BCUT2D eigenvalue weighted by Gasteiger charge is -2.15. The molecule has 1 saturated heterocycles. The lowest BCUT2D eigenvalue weighted by molar-refractivity contribution is -0.120. The van der Waals surface area contributed by atoms with Crippen LogP contribution in [-0.2, 0) is 25.1 Å². The molecule has 22 heavy (non-hydrogen) atoms. The summed E-state index contributed by atoms with van der Waals surface area (Å²) in [5, 5.41) is 1.37. The molecule has 1 N–H and O–H groups in total. The highest BCUT2D eigenvalue weighted by atomic mass is 32.2. The van der Waals surface area contributed by atoms with Gasteiger partial charge in [0.1, 0.15) is 11.1 Å². The molecule has 0 aromatic heterocycles. The maximum Gasteiger partial charge on any atom is 0.238 e. The highest BCUT2D eigenvalue weighted by Gasteiger charge is 2.29. The molecule has 0 unspecified atom stereocenters. The smallest absolute Gasteiger partial charge is 0.238 e. The second-order valence-electron chi connectivity index (χ2n) is 5.42. The summed E-state index contributed by atoms with van der Waals surface area (Å²) in [5.74, 6) is -1.65. The molecule has 0 radical (unpaired) electrons. The van der Waals surface area contributed by atoms with Gasteiger partial charge in [0, 0.05) is 18.7 Å². The van der Waals surface area contributed by atoms with Crippen LogP contribution in [0.5, 0.6) is 0 Å². The Morgan fingerprint density at radius 2 is 2.18 bits per heavy atom. The number of ether oxygens (including phenoxy) is 1. The third-order valence-corrected chi connectivity index (χ3v) is 5.76. The van der Waals surface area contributed by atoms with E-state index >= 15 is 0 Å². The first kappa shape index (κ1) is 16.9. The molecule has 122 valence electrons. The van der Waals surface area contributed by atoms with Crippen LogP contribution in [0.25, 0.3) is 0 Å². The van der Waals surface area contributed by atoms with Crippen molar-refractivity contribution in [1.82, 2.24) is 5.32 Å². The number of sulfone groups is 1. The number of halogens is 1. The van der Waals surface area contributed by atoms with Gasteiger partial charge in [-0.15, -0.1) is 0 Å². The largest absolute Gasteiger partial charge is 0.376 e. The average molecular weight is 329 g/mol. The fourth-order valence-corrected chi connectivity index (χ4v) is 3.61. The van der Waals surface area contributed by atoms with E-state index < -0.39 is 32.6 Å². The molecule has 1 aromatic rings. The number of rotatable bonds is 6. The molecule has 2 atom stereocenters. The van der Waals surface area contributed by atoms with E-state index in [4.69, 9.17) is 4.74 Å². The number of amides is 1. The van der Waals surface area contributed by atoms with E-state index in [1.165, 1.54) is 25.1 Å². The molecule has 7 heteroatoms. The van der Waals surface area contributed by atoms with Crippen LogP contribution in [0.2, 0.25) is 0 Å². The van der Waals surface area contributed by atoms with E-state index in [-0.39, 0.29) is 11.7 Å². The maximum atomic E-state index is 13.6. The first-order chi connectivity index (χ1) is 10.4. The van der Waals surface area contributed by atoms with Crippen molar-refractivity contribution < 1.29 is 22.3 Å². The fourth-order valence-electron chi connectivity index (χ4n) is 2.28. The summed E-state index contributed by atoms with van der Waals surface area (Å²) >= 11 is 0. The summed E-state index contributed by atoms with van der Waals surface area (Å²) in [7, 11) is -3.77. The van der Waals surface area contributed by atoms with Crippen molar-refractivity contribution in [3.8, 4) is 0 Å². The average Bonchev–Trinajstić information content (AvgIpc) is 2.99. The molecule has 1 heterocycles. The lowest BCUT2D eigenvalue weighted by Crippen LogP contribution is -2.41. The van der Waals surface area contributed by atoms with E-state index in [1.54, 1.807) is 6.07 Å². The number of carbonyl (C=O) groups excluding carboxylic acids is 1. The van der Waals surface area contributed by atoms with E-state index in [0.717, 1.165) is 12.8 Å². The van der Waals surface area contributed by atoms with Gasteiger partial charge in [-0.1, -0.05) is 18.2 Å². The van der Waals surface area contributed by atoms with Crippen LogP contribution in [0.3, 0.4) is 0 Å². The van der Waals surface area contributed by atoms with Gasteiger partial charge in [-0.25, -0.2) is 12.8 Å². The van der Waals surface area contributed by atoms with Gasteiger partial charge in [-0.05, 0) is 25.8 Å². The third-order valence-electron chi connectivity index (χ3n) is 3.75. The summed E-state index contributed by atoms with van der Waals surface area (Å²) < 4.78 is 43.4. The number of carbonyl (C=O) groups is 1. The van der Waals surface area contributed by atoms with Gasteiger partial charge in [0.25, 0.3) is 0 Å². The van der Waals surface area contributed by atoms with Crippen LogP contribution in [0.15, 0.2) is 24.3 Å². The Morgan fingerprint density at radius 3 is 2.82 bits per heavy atom. The van der Waals surface area contributed by atoms with Crippen LogP contribution >= 0.6 is 0 Å². The van der Waals surface area contributed by atoms with Crippen LogP contribution < -0.4 is 5.32 Å². The summed E-state index contributed by atoms with van der Waals surface area (Å²) in [5.41, 5.74) is 0.0706. The molecule has 1 amide bonds. The van der Waals surface area contributed by atoms with Crippen LogP contribution in [0.1, 0.15) is 25.3 Å². The SMILES string of the molecule is C[C@@H](C(=O)NC[C@H]1CCCO1)S(=O)(=O)Cc1ccccc1F. The van der Waals surface area contributed by atoms with Gasteiger partial charge in [-0.2, -0.15) is 0 Å². The zero-order chi connectivity index (χ0) is 16.2. The molecule has 1 aliphatic heterocycles. The molecule has 0 saturated carbocycles. The van der Waals surface area contributed by atoms with Gasteiger partial charge in [-0.3, -0.25) is 4.79 Å². The summed E-state index contributed by atoms with van der Waals surface area (Å²) in [6.45, 7) is 2.29. The quantitative estimate of drug-likeness (QED) is 0.857. The number of nitrogens with one attached hydrogen (secondary N) is 1. The minimum Gasteiger partial charge on any atom is -0.376 e. The Labute approximate surface area is 129 Å². The Bertz CT molecular complexity index is 626. The molecular weight excluding hydrogens is 309 g/mol. The molecule has 1 aliphatic rings. The first-order valence-electron chi connectivity index (χ1n) is 7.24. The number of hydrogen-bond acceptors (Lipinski definition) is 4. The van der Waals surface area contributed by atoms with Crippen LogP contribution in [0, 0.1) is 5.82 Å². The molecule has 1 aromatic carbocycles. The van der Waals surface area contributed by atoms with Crippen molar-refractivity contribution in [2.75, 3.05) is 13.2 Å². The molecular formula is C15H20FNO4S. The normalized spacial score (nSPS) is 19.8. The zero-order valence-electron chi connectivity index (χ0n) is 12.4. The van der Waals surface area contributed by atoms with E-state index in [2.05, 4.69) is 5.32 Å². The Kier molecular flexibility index (Phi) is 5.52. The number of hydrogen-bond donors (Lipinski definition) is 1. The van der Waals surface area contributed by atoms with Crippen LogP contribution in [0.4, 0.5) is 4.39 Å². The topological polar surface area (TPSA) is 72.5 Å². The molecule has 5 nitrogen and oxygen atoms in total. The number of benzene rings is 1. The lowest BCUT2D eigenvalue weighted by atomic mass is 10.2. The highest BCUT2D eigenvalue weighted by molar-refractivity contribution is 7.92. The standard InChI is InChI=1S/C15H20FNO4S/c1-11(15(18)17-9-13-6-4-8-21-13)22(19,20)10-12-5-2-3-7-14(12)16/h2-3,5,7,11,13H,4,6,8-10H2,1H3,(H,17,18)/t11-,13+/m0/s1. The van der Waals surface area contributed by atoms with Gasteiger partial charge < -0.3 is 10.1 Å². The third kappa shape index (κ3) is 4.27. The van der Waals surface area contributed by atoms with Crippen molar-refractivity contribution in [2.45, 2.75) is 36.9 Å². The zero-order valence-corrected chi connectivity index (χ0v) is 13.2. The van der Waals surface area contributed by atoms with Crippen LogP contribution in [-0.4, -0.2) is 38.8 Å². The first-order valence-corrected chi connectivity index (χ1v) is 8.96. The molecule has 2 rings (SSSR count). The van der Waals surface area contributed by atoms with Gasteiger partial charge in [0.2, 0.25) is 5.91 Å². The molecule has 0 spiro atoms. The second-order valence-corrected chi connectivity index (χ2v) is 7.74. The van der Waals surface area contributed by atoms with Crippen molar-refractivity contribution in [2.24, 2.45) is 0 Å². The van der Waals surface area contributed by atoms with E-state index in [9.17, 15) is 17.6 Å². The fraction of sp³-hybridized carbons (Fsp3) is 0.533. The monoisotopic (exact) mass is 329 g/mol. The summed E-state index contributed by atoms with van der Waals surface area (Å²) in [6, 6.07) is 5.66. The van der Waals surface area contributed by atoms with E-state index in [0.29, 0.717) is 13.2 Å². The Morgan fingerprint density at radius 1 is 1.45 bits per heavy atom. The predicted octanol–water partition coefficient (Wildman–Crippen LogP) is 1.42. The van der Waals surface area contributed by atoms with Crippen molar-refractivity contribution in [1.29, 1.82) is 0 Å². The van der Waals surface area contributed by atoms with E-state index in [1.807, 2.05) is 0 Å². The van der Waals surface area contributed by atoms with Crippen molar-refractivity contribution in [3.05, 3.63) is 35.6 Å². The predicted molar refractivity (Wildman–Crippen MR) is 80.5 cm³/mol. The molecule has 0 aliphatic carbocycles. The summed E-state index contributed by atoms with van der Waals surface area (Å²) in [4.78, 5) is 12.0. The molecule has 1 fully saturated rings. The minimum absolute atomic E-state index is 0.0505. The minimum atomic E-state index is -3.77. The highest BCUT2D eigenvalue weighted by Crippen LogP contribution is 2.15. The van der Waals surface area contributed by atoms with Gasteiger partial charge in [0.05, 0.1) is 11.9 Å². The van der Waals surface area contributed by atoms with Crippen molar-refractivity contribution in [3.63, 3.8) is 0 Å². The second kappa shape index (κ2) is 7.19. The maximum absolute atomic E-state index is 13.6. The van der Waals surface area contributed by atoms with Gasteiger partial charge in [0.15, 0.2) is 9.84 Å². The Hall–Kier alpha value is -1.47. The van der Waals surface area contributed by atoms with Gasteiger partial charge >= 0.3 is 0 Å². The van der Waals surface area contributed by atoms with Crippen molar-refractivity contribution >= 4 is 15.7 Å². The summed E-state index contributed by atoms with van der Waals surface area (Å²) in [6.07, 6.45) is 1.75.